The van der Waals surface area contributed by atoms with Crippen LogP contribution in [-0.2, 0) is 9.53 Å². The van der Waals surface area contributed by atoms with Gasteiger partial charge in [-0.3, -0.25) is 4.79 Å². The first-order chi connectivity index (χ1) is 13.9. The fourth-order valence-corrected chi connectivity index (χ4v) is 2.68. The number of H-pyrrole nitrogens is 1. The summed E-state index contributed by atoms with van der Waals surface area (Å²) >= 11 is 0. The van der Waals surface area contributed by atoms with E-state index in [1.54, 1.807) is 55.6 Å². The van der Waals surface area contributed by atoms with Crippen molar-refractivity contribution < 1.29 is 19.1 Å². The van der Waals surface area contributed by atoms with Crippen molar-refractivity contribution in [1.82, 2.24) is 9.97 Å². The molecule has 7 heteroatoms. The van der Waals surface area contributed by atoms with E-state index in [0.717, 1.165) is 22.8 Å². The lowest BCUT2D eigenvalue weighted by atomic mass is 10.1. The van der Waals surface area contributed by atoms with Gasteiger partial charge >= 0.3 is 5.97 Å². The molecule has 0 spiro atoms. The maximum Gasteiger partial charge on any atom is 0.338 e. The summed E-state index contributed by atoms with van der Waals surface area (Å²) in [5.74, 6) is 0.363. The molecule has 1 unspecified atom stereocenters. The first-order valence-electron chi connectivity index (χ1n) is 9.17. The number of carbonyl (C=O) groups excluding carboxylic acids is 2. The van der Waals surface area contributed by atoms with Crippen molar-refractivity contribution in [1.29, 1.82) is 0 Å². The summed E-state index contributed by atoms with van der Waals surface area (Å²) in [6.07, 6.45) is -0.955. The number of hydrogen-bond donors (Lipinski definition) is 2. The molecule has 29 heavy (non-hydrogen) atoms. The summed E-state index contributed by atoms with van der Waals surface area (Å²) in [6, 6.07) is 13.8. The summed E-state index contributed by atoms with van der Waals surface area (Å²) in [6.45, 7) is 5.41. The molecule has 0 saturated heterocycles. The van der Waals surface area contributed by atoms with Gasteiger partial charge in [-0.15, -0.1) is 0 Å². The third kappa shape index (κ3) is 4.82. The average molecular weight is 393 g/mol. The SMILES string of the molecule is COc1cccc(NC(=O)C(C)OC(=O)c2ccc(-c3nc(C)c(C)[nH]3)cc2)c1. The highest BCUT2D eigenvalue weighted by molar-refractivity contribution is 5.97. The minimum Gasteiger partial charge on any atom is -0.497 e. The number of nitrogens with one attached hydrogen (secondary N) is 2. The maximum atomic E-state index is 12.4. The zero-order valence-corrected chi connectivity index (χ0v) is 16.8. The molecule has 0 aliphatic rings. The van der Waals surface area contributed by atoms with Gasteiger partial charge in [0.15, 0.2) is 6.10 Å². The van der Waals surface area contributed by atoms with E-state index in [-0.39, 0.29) is 0 Å². The van der Waals surface area contributed by atoms with Gasteiger partial charge in [-0.05, 0) is 45.0 Å². The lowest BCUT2D eigenvalue weighted by molar-refractivity contribution is -0.123. The number of imidazole rings is 1. The van der Waals surface area contributed by atoms with Crippen LogP contribution in [0, 0.1) is 13.8 Å². The van der Waals surface area contributed by atoms with Crippen molar-refractivity contribution >= 4 is 17.6 Å². The summed E-state index contributed by atoms with van der Waals surface area (Å²) in [5.41, 5.74) is 3.71. The highest BCUT2D eigenvalue weighted by Gasteiger charge is 2.19. The van der Waals surface area contributed by atoms with Gasteiger partial charge in [0.1, 0.15) is 11.6 Å². The highest BCUT2D eigenvalue weighted by Crippen LogP contribution is 2.20. The summed E-state index contributed by atoms with van der Waals surface area (Å²) < 4.78 is 10.4. The fourth-order valence-electron chi connectivity index (χ4n) is 2.68. The number of aryl methyl sites for hydroxylation is 2. The van der Waals surface area contributed by atoms with Crippen LogP contribution in [0.1, 0.15) is 28.7 Å². The molecule has 3 rings (SSSR count). The molecule has 0 aliphatic carbocycles. The number of hydrogen-bond acceptors (Lipinski definition) is 5. The minimum atomic E-state index is -0.955. The Bertz CT molecular complexity index is 1010. The van der Waals surface area contributed by atoms with Crippen LogP contribution in [0.5, 0.6) is 5.75 Å². The molecule has 1 heterocycles. The van der Waals surface area contributed by atoms with Crippen molar-refractivity contribution in [2.45, 2.75) is 26.9 Å². The van der Waals surface area contributed by atoms with Gasteiger partial charge in [0.25, 0.3) is 5.91 Å². The van der Waals surface area contributed by atoms with Gasteiger partial charge in [-0.2, -0.15) is 0 Å². The largest absolute Gasteiger partial charge is 0.497 e. The van der Waals surface area contributed by atoms with Crippen LogP contribution in [0.2, 0.25) is 0 Å². The van der Waals surface area contributed by atoms with Gasteiger partial charge in [0, 0.05) is 23.0 Å². The third-order valence-corrected chi connectivity index (χ3v) is 4.51. The van der Waals surface area contributed by atoms with Gasteiger partial charge in [0.2, 0.25) is 0 Å². The number of esters is 1. The molecular formula is C22H23N3O4. The van der Waals surface area contributed by atoms with Gasteiger partial charge in [-0.1, -0.05) is 18.2 Å². The van der Waals surface area contributed by atoms with Crippen molar-refractivity contribution in [2.75, 3.05) is 12.4 Å². The molecule has 0 saturated carbocycles. The summed E-state index contributed by atoms with van der Waals surface area (Å²) in [4.78, 5) is 32.3. The molecule has 0 bridgehead atoms. The molecular weight excluding hydrogens is 370 g/mol. The van der Waals surface area contributed by atoms with Crippen LogP contribution in [0.25, 0.3) is 11.4 Å². The lowest BCUT2D eigenvalue weighted by Gasteiger charge is -2.14. The van der Waals surface area contributed by atoms with E-state index in [4.69, 9.17) is 9.47 Å². The molecule has 1 amide bonds. The van der Waals surface area contributed by atoms with Gasteiger partial charge in [-0.25, -0.2) is 9.78 Å². The molecule has 0 fully saturated rings. The van der Waals surface area contributed by atoms with E-state index >= 15 is 0 Å². The van der Waals surface area contributed by atoms with Crippen LogP contribution in [0.4, 0.5) is 5.69 Å². The molecule has 7 nitrogen and oxygen atoms in total. The third-order valence-electron chi connectivity index (χ3n) is 4.51. The Balaban J connectivity index is 1.62. The molecule has 0 radical (unpaired) electrons. The first-order valence-corrected chi connectivity index (χ1v) is 9.17. The Kier molecular flexibility index (Phi) is 5.97. The number of rotatable bonds is 6. The molecule has 2 aromatic carbocycles. The van der Waals surface area contributed by atoms with Crippen LogP contribution in [0.15, 0.2) is 48.5 Å². The zero-order valence-electron chi connectivity index (χ0n) is 16.8. The normalized spacial score (nSPS) is 11.6. The highest BCUT2D eigenvalue weighted by atomic mass is 16.5. The number of carbonyl (C=O) groups is 2. The number of anilines is 1. The Morgan fingerprint density at radius 3 is 2.45 bits per heavy atom. The monoisotopic (exact) mass is 393 g/mol. The number of amides is 1. The first kappa shape index (κ1) is 20.1. The fraction of sp³-hybridized carbons (Fsp3) is 0.227. The molecule has 150 valence electrons. The van der Waals surface area contributed by atoms with Crippen molar-refractivity contribution in [3.05, 3.63) is 65.5 Å². The number of benzene rings is 2. The summed E-state index contributed by atoms with van der Waals surface area (Å²) in [5, 5.41) is 2.70. The molecule has 2 N–H and O–H groups in total. The number of ether oxygens (including phenoxy) is 2. The maximum absolute atomic E-state index is 12.4. The number of aromatic amines is 1. The Morgan fingerprint density at radius 2 is 1.83 bits per heavy atom. The number of nitrogens with zero attached hydrogens (tertiary/aromatic N) is 1. The van der Waals surface area contributed by atoms with Gasteiger partial charge < -0.3 is 19.8 Å². The van der Waals surface area contributed by atoms with E-state index in [9.17, 15) is 9.59 Å². The Morgan fingerprint density at radius 1 is 1.10 bits per heavy atom. The van der Waals surface area contributed by atoms with E-state index in [1.807, 2.05) is 13.8 Å². The number of aromatic nitrogens is 2. The van der Waals surface area contributed by atoms with Crippen LogP contribution < -0.4 is 10.1 Å². The van der Waals surface area contributed by atoms with Crippen molar-refractivity contribution in [3.63, 3.8) is 0 Å². The van der Waals surface area contributed by atoms with E-state index < -0.39 is 18.0 Å². The Hall–Kier alpha value is -3.61. The topological polar surface area (TPSA) is 93.3 Å². The predicted octanol–water partition coefficient (Wildman–Crippen LogP) is 3.89. The second kappa shape index (κ2) is 8.60. The smallest absolute Gasteiger partial charge is 0.338 e. The van der Waals surface area contributed by atoms with Crippen LogP contribution in [0.3, 0.4) is 0 Å². The number of methoxy groups -OCH3 is 1. The van der Waals surface area contributed by atoms with E-state index in [1.165, 1.54) is 6.92 Å². The van der Waals surface area contributed by atoms with Crippen molar-refractivity contribution in [2.24, 2.45) is 0 Å². The summed E-state index contributed by atoms with van der Waals surface area (Å²) in [7, 11) is 1.55. The second-order valence-electron chi connectivity index (χ2n) is 6.64. The molecule has 1 aromatic heterocycles. The van der Waals surface area contributed by atoms with Crippen LogP contribution >= 0.6 is 0 Å². The van der Waals surface area contributed by atoms with E-state index in [2.05, 4.69) is 15.3 Å². The average Bonchev–Trinajstić information content (AvgIpc) is 3.06. The van der Waals surface area contributed by atoms with E-state index in [0.29, 0.717) is 17.0 Å². The lowest BCUT2D eigenvalue weighted by Crippen LogP contribution is -2.30. The zero-order chi connectivity index (χ0) is 21.0. The minimum absolute atomic E-state index is 0.356. The standard InChI is InChI=1S/C22H23N3O4/c1-13-14(2)24-20(23-13)16-8-10-17(11-9-16)22(27)29-15(3)21(26)25-18-6-5-7-19(12-18)28-4/h5-12,15H,1-4H3,(H,23,24)(H,25,26). The predicted molar refractivity (Wildman–Crippen MR) is 110 cm³/mol. The van der Waals surface area contributed by atoms with Crippen LogP contribution in [-0.4, -0.2) is 35.1 Å². The molecule has 0 aliphatic heterocycles. The van der Waals surface area contributed by atoms with Crippen molar-refractivity contribution in [3.8, 4) is 17.1 Å². The second-order valence-corrected chi connectivity index (χ2v) is 6.64. The van der Waals surface area contributed by atoms with Gasteiger partial charge in [0.05, 0.1) is 18.4 Å². The quantitative estimate of drug-likeness (QED) is 0.620. The molecule has 3 aromatic rings. The Labute approximate surface area is 169 Å². The molecule has 1 atom stereocenters.